The number of unbranched alkanes of at least 4 members (excludes halogenated alkanes) is 4. The number of nitrogen functional groups attached to an aromatic ring is 1. The summed E-state index contributed by atoms with van der Waals surface area (Å²) in [5.74, 6) is 0. The minimum atomic E-state index is 0.948. The van der Waals surface area contributed by atoms with E-state index in [1.165, 1.54) is 43.4 Å². The molecule has 0 saturated carbocycles. The van der Waals surface area contributed by atoms with Crippen molar-refractivity contribution in [3.63, 3.8) is 0 Å². The van der Waals surface area contributed by atoms with Gasteiger partial charge >= 0.3 is 0 Å². The summed E-state index contributed by atoms with van der Waals surface area (Å²) in [5.41, 5.74) is 5.65. The van der Waals surface area contributed by atoms with Crippen LogP contribution in [0.3, 0.4) is 0 Å². The van der Waals surface area contributed by atoms with Crippen LogP contribution in [0.4, 0.5) is 5.00 Å². The van der Waals surface area contributed by atoms with E-state index in [0.717, 1.165) is 5.00 Å². The van der Waals surface area contributed by atoms with Crippen molar-refractivity contribution in [2.75, 3.05) is 5.73 Å². The van der Waals surface area contributed by atoms with Crippen molar-refractivity contribution in [3.05, 3.63) is 17.0 Å². The molecule has 2 heteroatoms. The third-order valence-electron chi connectivity index (χ3n) is 2.21. The average Bonchev–Trinajstić information content (AvgIpc) is 2.51. The van der Waals surface area contributed by atoms with Crippen LogP contribution < -0.4 is 5.73 Å². The molecule has 0 amide bonds. The van der Waals surface area contributed by atoms with Crippen LogP contribution >= 0.6 is 11.3 Å². The van der Waals surface area contributed by atoms with Gasteiger partial charge in [-0.15, -0.1) is 11.3 Å². The van der Waals surface area contributed by atoms with E-state index < -0.39 is 0 Å². The maximum absolute atomic E-state index is 5.65. The van der Waals surface area contributed by atoms with Gasteiger partial charge in [0.05, 0.1) is 5.00 Å². The summed E-state index contributed by atoms with van der Waals surface area (Å²) in [4.78, 5) is 1.44. The van der Waals surface area contributed by atoms with Crippen molar-refractivity contribution in [1.82, 2.24) is 0 Å². The van der Waals surface area contributed by atoms with Gasteiger partial charge in [0.25, 0.3) is 0 Å². The Hall–Kier alpha value is -0.500. The number of hydrogen-bond acceptors (Lipinski definition) is 2. The molecule has 1 nitrogen and oxygen atoms in total. The molecule has 0 bridgehead atoms. The van der Waals surface area contributed by atoms with Gasteiger partial charge in [-0.25, -0.2) is 0 Å². The molecule has 0 saturated heterocycles. The fourth-order valence-corrected chi connectivity index (χ4v) is 2.25. The summed E-state index contributed by atoms with van der Waals surface area (Å²) >= 11 is 1.73. The Morgan fingerprint density at radius 1 is 1.15 bits per heavy atom. The molecule has 1 aromatic heterocycles. The third kappa shape index (κ3) is 4.32. The van der Waals surface area contributed by atoms with E-state index in [1.54, 1.807) is 11.3 Å². The molecule has 0 aliphatic heterocycles. The summed E-state index contributed by atoms with van der Waals surface area (Å²) in [6.45, 7) is 2.25. The standard InChI is InChI=1S/C11H19NS/c1-2-3-4-5-6-7-10-8-9-11(12)13-10/h8-9H,2-7,12H2,1H3. The SMILES string of the molecule is CCCCCCCc1ccc(N)s1. The Morgan fingerprint density at radius 3 is 2.54 bits per heavy atom. The van der Waals surface area contributed by atoms with Crippen LogP contribution in [0.2, 0.25) is 0 Å². The molecule has 0 aliphatic carbocycles. The summed E-state index contributed by atoms with van der Waals surface area (Å²) in [6.07, 6.45) is 7.99. The number of hydrogen-bond donors (Lipinski definition) is 1. The van der Waals surface area contributed by atoms with Crippen LogP contribution in [0.5, 0.6) is 0 Å². The van der Waals surface area contributed by atoms with Crippen LogP contribution in [-0.2, 0) is 6.42 Å². The lowest BCUT2D eigenvalue weighted by Gasteiger charge is -1.97. The normalized spacial score (nSPS) is 10.5. The molecule has 1 heterocycles. The van der Waals surface area contributed by atoms with Crippen molar-refractivity contribution in [2.24, 2.45) is 0 Å². The van der Waals surface area contributed by atoms with E-state index in [9.17, 15) is 0 Å². The maximum Gasteiger partial charge on any atom is 0.0859 e. The Labute approximate surface area is 85.0 Å². The second-order valence-electron chi connectivity index (χ2n) is 3.47. The van der Waals surface area contributed by atoms with Crippen LogP contribution in [0.15, 0.2) is 12.1 Å². The van der Waals surface area contributed by atoms with Gasteiger partial charge in [0.2, 0.25) is 0 Å². The van der Waals surface area contributed by atoms with E-state index in [1.807, 2.05) is 6.07 Å². The van der Waals surface area contributed by atoms with Gasteiger partial charge in [0.15, 0.2) is 0 Å². The Morgan fingerprint density at radius 2 is 1.92 bits per heavy atom. The number of nitrogens with two attached hydrogens (primary N) is 1. The molecule has 13 heavy (non-hydrogen) atoms. The van der Waals surface area contributed by atoms with Gasteiger partial charge in [-0.2, -0.15) is 0 Å². The third-order valence-corrected chi connectivity index (χ3v) is 3.18. The fraction of sp³-hybridized carbons (Fsp3) is 0.636. The fourth-order valence-electron chi connectivity index (χ4n) is 1.43. The summed E-state index contributed by atoms with van der Waals surface area (Å²) < 4.78 is 0. The highest BCUT2D eigenvalue weighted by Gasteiger charge is 1.96. The molecule has 0 unspecified atom stereocenters. The topological polar surface area (TPSA) is 26.0 Å². The molecule has 0 fully saturated rings. The molecular weight excluding hydrogens is 178 g/mol. The number of thiophene rings is 1. The Kier molecular flexibility index (Phi) is 4.91. The smallest absolute Gasteiger partial charge is 0.0859 e. The average molecular weight is 197 g/mol. The van der Waals surface area contributed by atoms with Gasteiger partial charge in [-0.1, -0.05) is 32.6 Å². The van der Waals surface area contributed by atoms with Crippen molar-refractivity contribution < 1.29 is 0 Å². The van der Waals surface area contributed by atoms with Gasteiger partial charge in [0, 0.05) is 4.88 Å². The van der Waals surface area contributed by atoms with Crippen LogP contribution in [0, 0.1) is 0 Å². The molecule has 0 aromatic carbocycles. The summed E-state index contributed by atoms with van der Waals surface area (Å²) in [7, 11) is 0. The summed E-state index contributed by atoms with van der Waals surface area (Å²) in [5, 5.41) is 0.948. The van der Waals surface area contributed by atoms with E-state index in [2.05, 4.69) is 13.0 Å². The monoisotopic (exact) mass is 197 g/mol. The highest BCUT2D eigenvalue weighted by molar-refractivity contribution is 7.15. The van der Waals surface area contributed by atoms with Crippen molar-refractivity contribution >= 4 is 16.3 Å². The molecule has 0 aliphatic rings. The largest absolute Gasteiger partial charge is 0.391 e. The van der Waals surface area contributed by atoms with E-state index in [0.29, 0.717) is 0 Å². The van der Waals surface area contributed by atoms with Crippen LogP contribution in [-0.4, -0.2) is 0 Å². The Bertz CT molecular complexity index is 230. The lowest BCUT2D eigenvalue weighted by atomic mass is 10.1. The predicted octanol–water partition coefficient (Wildman–Crippen LogP) is 3.84. The minimum Gasteiger partial charge on any atom is -0.391 e. The van der Waals surface area contributed by atoms with Gasteiger partial charge < -0.3 is 5.73 Å². The molecular formula is C11H19NS. The highest BCUT2D eigenvalue weighted by Crippen LogP contribution is 2.20. The second kappa shape index (κ2) is 6.03. The number of aryl methyl sites for hydroxylation is 1. The first kappa shape index (κ1) is 10.6. The van der Waals surface area contributed by atoms with Crippen LogP contribution in [0.25, 0.3) is 0 Å². The molecule has 0 radical (unpaired) electrons. The van der Waals surface area contributed by atoms with Crippen molar-refractivity contribution in [3.8, 4) is 0 Å². The quantitative estimate of drug-likeness (QED) is 0.689. The highest BCUT2D eigenvalue weighted by atomic mass is 32.1. The van der Waals surface area contributed by atoms with E-state index in [-0.39, 0.29) is 0 Å². The van der Waals surface area contributed by atoms with Gasteiger partial charge in [0.1, 0.15) is 0 Å². The molecule has 2 N–H and O–H groups in total. The van der Waals surface area contributed by atoms with Crippen molar-refractivity contribution in [2.45, 2.75) is 45.4 Å². The first-order valence-corrected chi connectivity index (χ1v) is 5.98. The predicted molar refractivity (Wildman–Crippen MR) is 61.2 cm³/mol. The molecule has 0 spiro atoms. The lowest BCUT2D eigenvalue weighted by Crippen LogP contribution is -1.81. The molecule has 1 aromatic rings. The molecule has 74 valence electrons. The Balaban J connectivity index is 2.06. The van der Waals surface area contributed by atoms with E-state index in [4.69, 9.17) is 5.73 Å². The number of anilines is 1. The number of rotatable bonds is 6. The lowest BCUT2D eigenvalue weighted by molar-refractivity contribution is 0.634. The molecule has 0 atom stereocenters. The maximum atomic E-state index is 5.65. The first-order chi connectivity index (χ1) is 6.33. The first-order valence-electron chi connectivity index (χ1n) is 5.17. The zero-order chi connectivity index (χ0) is 9.52. The van der Waals surface area contributed by atoms with Gasteiger partial charge in [-0.3, -0.25) is 0 Å². The molecule has 1 rings (SSSR count). The minimum absolute atomic E-state index is 0.948. The summed E-state index contributed by atoms with van der Waals surface area (Å²) in [6, 6.07) is 4.16. The zero-order valence-corrected chi connectivity index (χ0v) is 9.20. The van der Waals surface area contributed by atoms with E-state index >= 15 is 0 Å². The van der Waals surface area contributed by atoms with Crippen molar-refractivity contribution in [1.29, 1.82) is 0 Å². The van der Waals surface area contributed by atoms with Gasteiger partial charge in [-0.05, 0) is 25.0 Å². The second-order valence-corrected chi connectivity index (χ2v) is 4.67. The van der Waals surface area contributed by atoms with Crippen LogP contribution in [0.1, 0.15) is 43.9 Å². The zero-order valence-electron chi connectivity index (χ0n) is 8.38.